The van der Waals surface area contributed by atoms with E-state index in [-0.39, 0.29) is 6.61 Å². The molecule has 1 saturated heterocycles. The van der Waals surface area contributed by atoms with E-state index in [0.29, 0.717) is 26.4 Å². The first-order chi connectivity index (χ1) is 21.3. The predicted octanol–water partition coefficient (Wildman–Crippen LogP) is 7.00. The Balaban J connectivity index is 1.45. The molecule has 0 aromatic heterocycles. The monoisotopic (exact) mass is 578 g/mol. The van der Waals surface area contributed by atoms with Gasteiger partial charge in [-0.15, -0.1) is 0 Å². The summed E-state index contributed by atoms with van der Waals surface area (Å²) < 4.78 is 38.6. The summed E-state index contributed by atoms with van der Waals surface area (Å²) in [4.78, 5) is 0. The molecular formula is C37H38O6. The molecule has 0 unspecified atom stereocenters. The summed E-state index contributed by atoms with van der Waals surface area (Å²) >= 11 is 0. The van der Waals surface area contributed by atoms with E-state index in [0.717, 1.165) is 22.3 Å². The lowest BCUT2D eigenvalue weighted by Crippen LogP contribution is -2.61. The predicted molar refractivity (Wildman–Crippen MR) is 165 cm³/mol. The minimum Gasteiger partial charge on any atom is -0.490 e. The molecule has 5 atom stereocenters. The summed E-state index contributed by atoms with van der Waals surface area (Å²) in [5, 5.41) is 0. The fourth-order valence-electron chi connectivity index (χ4n) is 4.97. The van der Waals surface area contributed by atoms with Gasteiger partial charge in [-0.05, 0) is 22.3 Å². The van der Waals surface area contributed by atoms with Gasteiger partial charge in [-0.1, -0.05) is 134 Å². The van der Waals surface area contributed by atoms with Gasteiger partial charge < -0.3 is 28.4 Å². The molecule has 6 heteroatoms. The molecule has 0 N–H and O–H groups in total. The Morgan fingerprint density at radius 3 is 1.37 bits per heavy atom. The molecule has 1 aliphatic rings. The molecule has 0 aliphatic carbocycles. The molecule has 4 aromatic rings. The van der Waals surface area contributed by atoms with Gasteiger partial charge in [0.2, 0.25) is 0 Å². The molecule has 6 nitrogen and oxygen atoms in total. The standard InChI is InChI=1S/C37H38O6/c1-2-23-38-28-33-34(39-24-29-15-7-3-8-16-29)35(40-25-30-17-9-4-10-18-30)36(41-26-31-19-11-5-12-20-31)37(43-33)42-27-32-21-13-6-14-22-32/h3-23,33-37H,1,24-28H2/t33-,34-,35+,36-,37-/m1/s1. The van der Waals surface area contributed by atoms with Crippen molar-refractivity contribution in [2.45, 2.75) is 57.1 Å². The van der Waals surface area contributed by atoms with E-state index >= 15 is 0 Å². The van der Waals surface area contributed by atoms with Gasteiger partial charge in [-0.2, -0.15) is 0 Å². The molecule has 1 fully saturated rings. The van der Waals surface area contributed by atoms with Crippen LogP contribution in [0.5, 0.6) is 0 Å². The van der Waals surface area contributed by atoms with Crippen LogP contribution in [0, 0.1) is 0 Å². The summed E-state index contributed by atoms with van der Waals surface area (Å²) in [6.07, 6.45) is -1.51. The first kappa shape index (κ1) is 30.5. The Hall–Kier alpha value is -4.00. The highest BCUT2D eigenvalue weighted by Gasteiger charge is 2.49. The van der Waals surface area contributed by atoms with Crippen molar-refractivity contribution in [1.29, 1.82) is 0 Å². The highest BCUT2D eigenvalue weighted by atomic mass is 16.7. The van der Waals surface area contributed by atoms with Crippen LogP contribution in [-0.4, -0.2) is 37.3 Å². The van der Waals surface area contributed by atoms with E-state index < -0.39 is 30.7 Å². The molecule has 43 heavy (non-hydrogen) atoms. The first-order valence-electron chi connectivity index (χ1n) is 14.5. The maximum Gasteiger partial charge on any atom is 0.187 e. The zero-order valence-electron chi connectivity index (χ0n) is 24.2. The molecule has 5 rings (SSSR count). The van der Waals surface area contributed by atoms with Crippen LogP contribution in [-0.2, 0) is 54.8 Å². The van der Waals surface area contributed by atoms with Crippen molar-refractivity contribution in [1.82, 2.24) is 0 Å². The molecule has 222 valence electrons. The van der Waals surface area contributed by atoms with E-state index in [2.05, 4.69) is 12.3 Å². The van der Waals surface area contributed by atoms with Gasteiger partial charge in [-0.3, -0.25) is 0 Å². The number of ether oxygens (including phenoxy) is 6. The van der Waals surface area contributed by atoms with Crippen LogP contribution < -0.4 is 0 Å². The van der Waals surface area contributed by atoms with E-state index in [1.807, 2.05) is 121 Å². The molecule has 1 aliphatic heterocycles. The van der Waals surface area contributed by atoms with Crippen LogP contribution in [0.1, 0.15) is 22.3 Å². The average molecular weight is 579 g/mol. The van der Waals surface area contributed by atoms with Crippen LogP contribution >= 0.6 is 0 Å². The van der Waals surface area contributed by atoms with Gasteiger partial charge in [0.25, 0.3) is 0 Å². The Morgan fingerprint density at radius 2 is 0.930 bits per heavy atom. The van der Waals surface area contributed by atoms with Gasteiger partial charge in [-0.25, -0.2) is 0 Å². The van der Waals surface area contributed by atoms with E-state index in [1.165, 1.54) is 6.26 Å². The maximum absolute atomic E-state index is 6.69. The van der Waals surface area contributed by atoms with Gasteiger partial charge in [0.15, 0.2) is 6.29 Å². The summed E-state index contributed by atoms with van der Waals surface area (Å²) in [6, 6.07) is 40.1. The molecular weight excluding hydrogens is 540 g/mol. The lowest BCUT2D eigenvalue weighted by Gasteiger charge is -2.45. The second kappa shape index (κ2) is 16.6. The maximum atomic E-state index is 6.69. The fourth-order valence-corrected chi connectivity index (χ4v) is 4.97. The first-order valence-corrected chi connectivity index (χ1v) is 14.5. The van der Waals surface area contributed by atoms with Crippen molar-refractivity contribution in [2.24, 2.45) is 0 Å². The second-order valence-corrected chi connectivity index (χ2v) is 10.3. The molecule has 0 amide bonds. The zero-order valence-corrected chi connectivity index (χ0v) is 24.2. The van der Waals surface area contributed by atoms with Gasteiger partial charge in [0, 0.05) is 0 Å². The largest absolute Gasteiger partial charge is 0.490 e. The SMILES string of the molecule is C=C=COC[C@H]1O[C@@H](OCc2ccccc2)[C@H](OCc2ccccc2)[C@@H](OCc2ccccc2)[C@@H]1OCc1ccccc1. The Kier molecular flexibility index (Phi) is 11.7. The van der Waals surface area contributed by atoms with Crippen molar-refractivity contribution >= 4 is 0 Å². The normalized spacial score (nSPS) is 21.5. The van der Waals surface area contributed by atoms with Gasteiger partial charge in [0.1, 0.15) is 37.3 Å². The van der Waals surface area contributed by atoms with E-state index in [9.17, 15) is 0 Å². The fraction of sp³-hybridized carbons (Fsp3) is 0.270. The number of benzene rings is 4. The summed E-state index contributed by atoms with van der Waals surface area (Å²) in [5.41, 5.74) is 6.81. The number of rotatable bonds is 15. The average Bonchev–Trinajstić information content (AvgIpc) is 3.07. The van der Waals surface area contributed by atoms with Crippen LogP contribution in [0.4, 0.5) is 0 Å². The summed E-state index contributed by atoms with van der Waals surface area (Å²) in [7, 11) is 0. The van der Waals surface area contributed by atoms with Gasteiger partial charge >= 0.3 is 0 Å². The number of hydrogen-bond donors (Lipinski definition) is 0. The lowest BCUT2D eigenvalue weighted by atomic mass is 9.97. The Bertz CT molecular complexity index is 1380. The third-order valence-electron chi connectivity index (χ3n) is 7.13. The minimum atomic E-state index is -0.748. The Morgan fingerprint density at radius 1 is 0.535 bits per heavy atom. The Labute approximate surface area is 254 Å². The second-order valence-electron chi connectivity index (χ2n) is 10.3. The van der Waals surface area contributed by atoms with Crippen molar-refractivity contribution < 1.29 is 28.4 Å². The number of hydrogen-bond acceptors (Lipinski definition) is 6. The molecule has 0 spiro atoms. The molecule has 1 heterocycles. The third-order valence-corrected chi connectivity index (χ3v) is 7.13. The smallest absolute Gasteiger partial charge is 0.187 e. The molecule has 0 saturated carbocycles. The highest BCUT2D eigenvalue weighted by molar-refractivity contribution is 5.16. The molecule has 4 aromatic carbocycles. The molecule has 0 radical (unpaired) electrons. The van der Waals surface area contributed by atoms with E-state index in [4.69, 9.17) is 28.4 Å². The van der Waals surface area contributed by atoms with Gasteiger partial charge in [0.05, 0.1) is 26.4 Å². The summed E-state index contributed by atoms with van der Waals surface area (Å²) in [6.45, 7) is 5.25. The van der Waals surface area contributed by atoms with Crippen LogP contribution in [0.2, 0.25) is 0 Å². The van der Waals surface area contributed by atoms with Crippen molar-refractivity contribution in [3.63, 3.8) is 0 Å². The lowest BCUT2D eigenvalue weighted by molar-refractivity contribution is -0.329. The van der Waals surface area contributed by atoms with Crippen molar-refractivity contribution in [3.8, 4) is 0 Å². The highest BCUT2D eigenvalue weighted by Crippen LogP contribution is 2.32. The van der Waals surface area contributed by atoms with Crippen LogP contribution in [0.3, 0.4) is 0 Å². The topological polar surface area (TPSA) is 55.4 Å². The summed E-state index contributed by atoms with van der Waals surface area (Å²) in [5.74, 6) is 0. The zero-order chi connectivity index (χ0) is 29.5. The van der Waals surface area contributed by atoms with Crippen molar-refractivity contribution in [2.75, 3.05) is 6.61 Å². The quantitative estimate of drug-likeness (QED) is 0.112. The third kappa shape index (κ3) is 9.24. The molecule has 0 bridgehead atoms. The minimum absolute atomic E-state index is 0.198. The van der Waals surface area contributed by atoms with Crippen LogP contribution in [0.25, 0.3) is 0 Å². The van der Waals surface area contributed by atoms with E-state index in [1.54, 1.807) is 0 Å². The van der Waals surface area contributed by atoms with Crippen molar-refractivity contribution in [3.05, 3.63) is 162 Å². The van der Waals surface area contributed by atoms with Crippen LogP contribution in [0.15, 0.2) is 140 Å².